The minimum atomic E-state index is -0.0344. The molecule has 0 saturated heterocycles. The van der Waals surface area contributed by atoms with E-state index >= 15 is 0 Å². The van der Waals surface area contributed by atoms with Gasteiger partial charge in [-0.1, -0.05) is 13.8 Å². The summed E-state index contributed by atoms with van der Waals surface area (Å²) in [5, 5.41) is 2.99. The van der Waals surface area contributed by atoms with Gasteiger partial charge in [-0.15, -0.1) is 0 Å². The zero-order chi connectivity index (χ0) is 17.4. The number of nitrogens with zero attached hydrogens (tertiary/aromatic N) is 1. The maximum Gasteiger partial charge on any atom is 0.251 e. The number of ether oxygens (including phenoxy) is 1. The standard InChI is InChI=1S/C19H32N2O2/c1-14(2)13-23-18-9-7-17(8-10-18)19(22)20-11-12-21(15(3)4)16(5)6/h7-10,14-16H,11-13H2,1-6H3,(H,20,22). The molecule has 0 aliphatic heterocycles. The van der Waals surface area contributed by atoms with Gasteiger partial charge >= 0.3 is 0 Å². The number of benzene rings is 1. The van der Waals surface area contributed by atoms with E-state index in [4.69, 9.17) is 4.74 Å². The predicted molar refractivity (Wildman–Crippen MR) is 96.1 cm³/mol. The van der Waals surface area contributed by atoms with Crippen molar-refractivity contribution < 1.29 is 9.53 Å². The van der Waals surface area contributed by atoms with Crippen LogP contribution in [0.1, 0.15) is 51.9 Å². The molecule has 0 spiro atoms. The highest BCUT2D eigenvalue weighted by Gasteiger charge is 2.13. The zero-order valence-electron chi connectivity index (χ0n) is 15.4. The van der Waals surface area contributed by atoms with Crippen LogP contribution in [0.25, 0.3) is 0 Å². The highest BCUT2D eigenvalue weighted by atomic mass is 16.5. The van der Waals surface area contributed by atoms with Crippen molar-refractivity contribution in [2.75, 3.05) is 19.7 Å². The molecule has 0 radical (unpaired) electrons. The van der Waals surface area contributed by atoms with Gasteiger partial charge in [-0.25, -0.2) is 0 Å². The topological polar surface area (TPSA) is 41.6 Å². The largest absolute Gasteiger partial charge is 0.493 e. The van der Waals surface area contributed by atoms with Crippen LogP contribution in [0.15, 0.2) is 24.3 Å². The molecule has 1 rings (SSSR count). The van der Waals surface area contributed by atoms with Crippen molar-refractivity contribution in [3.8, 4) is 5.75 Å². The summed E-state index contributed by atoms with van der Waals surface area (Å²) in [6, 6.07) is 8.28. The first-order chi connectivity index (χ1) is 10.8. The van der Waals surface area contributed by atoms with Crippen molar-refractivity contribution in [3.63, 3.8) is 0 Å². The number of hydrogen-bond acceptors (Lipinski definition) is 3. The summed E-state index contributed by atoms with van der Waals surface area (Å²) in [5.41, 5.74) is 0.669. The molecule has 0 unspecified atom stereocenters. The second kappa shape index (κ2) is 9.56. The molecular weight excluding hydrogens is 288 g/mol. The molecule has 23 heavy (non-hydrogen) atoms. The van der Waals surface area contributed by atoms with E-state index < -0.39 is 0 Å². The van der Waals surface area contributed by atoms with Gasteiger partial charge in [0, 0.05) is 30.7 Å². The Labute approximate surface area is 141 Å². The Morgan fingerprint density at radius 2 is 1.61 bits per heavy atom. The number of nitrogens with one attached hydrogen (secondary N) is 1. The van der Waals surface area contributed by atoms with Crippen molar-refractivity contribution in [1.82, 2.24) is 10.2 Å². The monoisotopic (exact) mass is 320 g/mol. The van der Waals surface area contributed by atoms with Crippen LogP contribution >= 0.6 is 0 Å². The van der Waals surface area contributed by atoms with Gasteiger partial charge in [0.05, 0.1) is 6.61 Å². The van der Waals surface area contributed by atoms with Crippen LogP contribution in [0.2, 0.25) is 0 Å². The van der Waals surface area contributed by atoms with Crippen LogP contribution < -0.4 is 10.1 Å². The molecule has 1 amide bonds. The van der Waals surface area contributed by atoms with Crippen LogP contribution in [0, 0.1) is 5.92 Å². The molecule has 0 bridgehead atoms. The summed E-state index contributed by atoms with van der Waals surface area (Å²) < 4.78 is 5.63. The van der Waals surface area contributed by atoms with Gasteiger partial charge in [-0.3, -0.25) is 9.69 Å². The summed E-state index contributed by atoms with van der Waals surface area (Å²) in [5.74, 6) is 1.26. The molecule has 0 fully saturated rings. The number of carbonyl (C=O) groups is 1. The SMILES string of the molecule is CC(C)COc1ccc(C(=O)NCCN(C(C)C)C(C)C)cc1. The quantitative estimate of drug-likeness (QED) is 0.756. The lowest BCUT2D eigenvalue weighted by Gasteiger charge is -2.30. The van der Waals surface area contributed by atoms with Gasteiger partial charge in [-0.2, -0.15) is 0 Å². The van der Waals surface area contributed by atoms with Crippen molar-refractivity contribution in [2.45, 2.75) is 53.6 Å². The molecule has 130 valence electrons. The molecule has 0 aliphatic carbocycles. The second-order valence-electron chi connectivity index (χ2n) is 6.91. The van der Waals surface area contributed by atoms with E-state index in [1.165, 1.54) is 0 Å². The van der Waals surface area contributed by atoms with E-state index in [0.717, 1.165) is 12.3 Å². The van der Waals surface area contributed by atoms with Crippen LogP contribution in [0.4, 0.5) is 0 Å². The van der Waals surface area contributed by atoms with Gasteiger partial charge in [0.15, 0.2) is 0 Å². The number of hydrogen-bond donors (Lipinski definition) is 1. The van der Waals surface area contributed by atoms with E-state index in [1.807, 2.05) is 24.3 Å². The molecule has 4 nitrogen and oxygen atoms in total. The van der Waals surface area contributed by atoms with E-state index in [-0.39, 0.29) is 5.91 Å². The summed E-state index contributed by atoms with van der Waals surface area (Å²) in [6.07, 6.45) is 0. The predicted octanol–water partition coefficient (Wildman–Crippen LogP) is 3.57. The van der Waals surface area contributed by atoms with Gasteiger partial charge in [0.25, 0.3) is 5.91 Å². The number of carbonyl (C=O) groups excluding carboxylic acids is 1. The Morgan fingerprint density at radius 1 is 1.04 bits per heavy atom. The van der Waals surface area contributed by atoms with Crippen LogP contribution in [0.3, 0.4) is 0 Å². The smallest absolute Gasteiger partial charge is 0.251 e. The Hall–Kier alpha value is -1.55. The fraction of sp³-hybridized carbons (Fsp3) is 0.632. The highest BCUT2D eigenvalue weighted by molar-refractivity contribution is 5.94. The normalized spacial score (nSPS) is 11.6. The minimum absolute atomic E-state index is 0.0344. The van der Waals surface area contributed by atoms with E-state index in [9.17, 15) is 4.79 Å². The lowest BCUT2D eigenvalue weighted by atomic mass is 10.2. The fourth-order valence-corrected chi connectivity index (χ4v) is 2.48. The van der Waals surface area contributed by atoms with Crippen LogP contribution in [-0.2, 0) is 0 Å². The number of rotatable bonds is 9. The van der Waals surface area contributed by atoms with Crippen molar-refractivity contribution in [1.29, 1.82) is 0 Å². The molecular formula is C19H32N2O2. The summed E-state index contributed by atoms with van der Waals surface area (Å²) in [7, 11) is 0. The van der Waals surface area contributed by atoms with E-state index in [1.54, 1.807) is 0 Å². The van der Waals surface area contributed by atoms with Crippen LogP contribution in [-0.4, -0.2) is 42.6 Å². The van der Waals surface area contributed by atoms with E-state index in [2.05, 4.69) is 51.8 Å². The molecule has 0 atom stereocenters. The van der Waals surface area contributed by atoms with E-state index in [0.29, 0.717) is 36.7 Å². The van der Waals surface area contributed by atoms with Gasteiger partial charge in [0.2, 0.25) is 0 Å². The summed E-state index contributed by atoms with van der Waals surface area (Å²) >= 11 is 0. The maximum absolute atomic E-state index is 12.2. The van der Waals surface area contributed by atoms with Gasteiger partial charge in [-0.05, 0) is 57.9 Å². The summed E-state index contributed by atoms with van der Waals surface area (Å²) in [4.78, 5) is 14.5. The second-order valence-corrected chi connectivity index (χ2v) is 6.91. The van der Waals surface area contributed by atoms with Crippen molar-refractivity contribution in [2.24, 2.45) is 5.92 Å². The van der Waals surface area contributed by atoms with Gasteiger partial charge in [0.1, 0.15) is 5.75 Å². The maximum atomic E-state index is 12.2. The zero-order valence-corrected chi connectivity index (χ0v) is 15.4. The molecule has 1 aromatic carbocycles. The molecule has 1 N–H and O–H groups in total. The Balaban J connectivity index is 2.45. The Kier molecular flexibility index (Phi) is 8.10. The third kappa shape index (κ3) is 7.04. The molecule has 4 heteroatoms. The molecule has 0 saturated carbocycles. The first-order valence-electron chi connectivity index (χ1n) is 8.58. The minimum Gasteiger partial charge on any atom is -0.493 e. The van der Waals surface area contributed by atoms with Crippen LogP contribution in [0.5, 0.6) is 5.75 Å². The lowest BCUT2D eigenvalue weighted by molar-refractivity contribution is 0.0939. The van der Waals surface area contributed by atoms with Crippen molar-refractivity contribution in [3.05, 3.63) is 29.8 Å². The van der Waals surface area contributed by atoms with Gasteiger partial charge < -0.3 is 10.1 Å². The summed E-state index contributed by atoms with van der Waals surface area (Å²) in [6.45, 7) is 15.1. The van der Waals surface area contributed by atoms with Crippen molar-refractivity contribution >= 4 is 5.91 Å². The number of amides is 1. The molecule has 0 heterocycles. The molecule has 0 aliphatic rings. The third-order valence-corrected chi connectivity index (χ3v) is 3.68. The Morgan fingerprint density at radius 3 is 2.09 bits per heavy atom. The average Bonchev–Trinajstić information content (AvgIpc) is 2.49. The molecule has 1 aromatic rings. The first kappa shape index (κ1) is 19.5. The highest BCUT2D eigenvalue weighted by Crippen LogP contribution is 2.13. The third-order valence-electron chi connectivity index (χ3n) is 3.68. The average molecular weight is 320 g/mol. The lowest BCUT2D eigenvalue weighted by Crippen LogP contribution is -2.42. The molecule has 0 aromatic heterocycles. The first-order valence-corrected chi connectivity index (χ1v) is 8.58. The fourth-order valence-electron chi connectivity index (χ4n) is 2.48. The Bertz CT molecular complexity index is 459.